The van der Waals surface area contributed by atoms with Gasteiger partial charge >= 0.3 is 0 Å². The van der Waals surface area contributed by atoms with Crippen LogP contribution in [-0.4, -0.2) is 19.7 Å². The Balaban J connectivity index is 1.99. The van der Waals surface area contributed by atoms with Crippen LogP contribution in [0.5, 0.6) is 0 Å². The highest BCUT2D eigenvalue weighted by Gasteiger charge is 2.02. The van der Waals surface area contributed by atoms with E-state index < -0.39 is 0 Å². The Morgan fingerprint density at radius 3 is 2.87 bits per heavy atom. The van der Waals surface area contributed by atoms with E-state index in [0.29, 0.717) is 5.82 Å². The Morgan fingerprint density at radius 1 is 1.40 bits per heavy atom. The van der Waals surface area contributed by atoms with E-state index in [-0.39, 0.29) is 0 Å². The second kappa shape index (κ2) is 4.39. The standard InChI is InChI=1S/C9H10BrN5/c10-8-6-15(14-9(8)11)4-1-7-5-12-2-3-13-7/h2-3,5-6H,1,4H2,(H2,11,14). The molecule has 0 fully saturated rings. The summed E-state index contributed by atoms with van der Waals surface area (Å²) in [6.45, 7) is 0.745. The van der Waals surface area contributed by atoms with Gasteiger partial charge in [-0.2, -0.15) is 5.10 Å². The zero-order valence-corrected chi connectivity index (χ0v) is 9.55. The van der Waals surface area contributed by atoms with Gasteiger partial charge in [0.05, 0.1) is 10.2 Å². The summed E-state index contributed by atoms with van der Waals surface area (Å²) in [6.07, 6.45) is 7.74. The smallest absolute Gasteiger partial charge is 0.159 e. The first-order valence-corrected chi connectivity index (χ1v) is 5.28. The van der Waals surface area contributed by atoms with Crippen LogP contribution in [0.4, 0.5) is 5.82 Å². The molecule has 0 aliphatic carbocycles. The Kier molecular flexibility index (Phi) is 2.96. The minimum atomic E-state index is 0.508. The number of nitrogens with two attached hydrogens (primary N) is 1. The van der Waals surface area contributed by atoms with Crippen LogP contribution in [0, 0.1) is 0 Å². The summed E-state index contributed by atoms with van der Waals surface area (Å²) in [4.78, 5) is 8.17. The van der Waals surface area contributed by atoms with Crippen LogP contribution < -0.4 is 5.73 Å². The quantitative estimate of drug-likeness (QED) is 0.909. The minimum Gasteiger partial charge on any atom is -0.381 e. The van der Waals surface area contributed by atoms with Crippen molar-refractivity contribution in [3.63, 3.8) is 0 Å². The van der Waals surface area contributed by atoms with Crippen LogP contribution in [0.2, 0.25) is 0 Å². The third kappa shape index (κ3) is 2.53. The highest BCUT2D eigenvalue weighted by atomic mass is 79.9. The monoisotopic (exact) mass is 267 g/mol. The Hall–Kier alpha value is -1.43. The molecule has 0 saturated carbocycles. The first-order valence-electron chi connectivity index (χ1n) is 4.49. The zero-order chi connectivity index (χ0) is 10.7. The lowest BCUT2D eigenvalue weighted by atomic mass is 10.3. The van der Waals surface area contributed by atoms with Gasteiger partial charge in [-0.25, -0.2) is 0 Å². The summed E-state index contributed by atoms with van der Waals surface area (Å²) >= 11 is 3.31. The first kappa shape index (κ1) is 10.1. The molecule has 6 heteroatoms. The molecule has 0 radical (unpaired) electrons. The highest BCUT2D eigenvalue weighted by molar-refractivity contribution is 9.10. The zero-order valence-electron chi connectivity index (χ0n) is 7.97. The predicted octanol–water partition coefficient (Wildman–Crippen LogP) is 1.26. The van der Waals surface area contributed by atoms with Gasteiger partial charge in [0.25, 0.3) is 0 Å². The van der Waals surface area contributed by atoms with Gasteiger partial charge in [0.2, 0.25) is 0 Å². The van der Waals surface area contributed by atoms with Gasteiger partial charge in [-0.15, -0.1) is 0 Å². The molecule has 0 aliphatic rings. The van der Waals surface area contributed by atoms with Gasteiger partial charge in [-0.1, -0.05) is 0 Å². The summed E-state index contributed by atoms with van der Waals surface area (Å²) < 4.78 is 2.61. The number of halogens is 1. The van der Waals surface area contributed by atoms with Crippen molar-refractivity contribution in [1.82, 2.24) is 19.7 Å². The summed E-state index contributed by atoms with van der Waals surface area (Å²) in [5.41, 5.74) is 6.55. The van der Waals surface area contributed by atoms with Crippen LogP contribution in [0.15, 0.2) is 29.3 Å². The van der Waals surface area contributed by atoms with E-state index in [1.54, 1.807) is 23.3 Å². The Bertz CT molecular complexity index is 420. The van der Waals surface area contributed by atoms with Crippen molar-refractivity contribution in [1.29, 1.82) is 0 Å². The highest BCUT2D eigenvalue weighted by Crippen LogP contribution is 2.16. The Morgan fingerprint density at radius 2 is 2.27 bits per heavy atom. The average Bonchev–Trinajstić information content (AvgIpc) is 2.57. The second-order valence-electron chi connectivity index (χ2n) is 3.07. The van der Waals surface area contributed by atoms with Gasteiger partial charge in [0, 0.05) is 37.8 Å². The lowest BCUT2D eigenvalue weighted by Crippen LogP contribution is -2.03. The molecule has 0 aromatic carbocycles. The van der Waals surface area contributed by atoms with Crippen LogP contribution in [0.25, 0.3) is 0 Å². The predicted molar refractivity (Wildman–Crippen MR) is 60.1 cm³/mol. The van der Waals surface area contributed by atoms with Crippen molar-refractivity contribution in [3.8, 4) is 0 Å². The topological polar surface area (TPSA) is 69.6 Å². The molecule has 78 valence electrons. The molecule has 0 amide bonds. The van der Waals surface area contributed by atoms with Gasteiger partial charge < -0.3 is 5.73 Å². The second-order valence-corrected chi connectivity index (χ2v) is 3.93. The van der Waals surface area contributed by atoms with Crippen molar-refractivity contribution in [2.75, 3.05) is 5.73 Å². The maximum absolute atomic E-state index is 5.60. The molecule has 2 N–H and O–H groups in total. The fourth-order valence-electron chi connectivity index (χ4n) is 1.21. The first-order chi connectivity index (χ1) is 7.25. The van der Waals surface area contributed by atoms with E-state index in [0.717, 1.165) is 23.1 Å². The van der Waals surface area contributed by atoms with Crippen LogP contribution >= 0.6 is 15.9 Å². The normalized spacial score (nSPS) is 10.5. The molecule has 0 bridgehead atoms. The molecule has 0 unspecified atom stereocenters. The molecule has 0 saturated heterocycles. The third-order valence-electron chi connectivity index (χ3n) is 1.96. The van der Waals surface area contributed by atoms with Crippen molar-refractivity contribution in [3.05, 3.63) is 35.0 Å². The van der Waals surface area contributed by atoms with E-state index in [1.807, 2.05) is 6.20 Å². The summed E-state index contributed by atoms with van der Waals surface area (Å²) in [6, 6.07) is 0. The SMILES string of the molecule is Nc1nn(CCc2cnccn2)cc1Br. The third-order valence-corrected chi connectivity index (χ3v) is 2.57. The molecule has 0 spiro atoms. The fourth-order valence-corrected chi connectivity index (χ4v) is 1.53. The van der Waals surface area contributed by atoms with Crippen molar-refractivity contribution in [2.45, 2.75) is 13.0 Å². The Labute approximate surface area is 95.5 Å². The number of rotatable bonds is 3. The molecule has 2 aromatic rings. The number of hydrogen-bond acceptors (Lipinski definition) is 4. The lowest BCUT2D eigenvalue weighted by molar-refractivity contribution is 0.609. The van der Waals surface area contributed by atoms with Gasteiger partial charge in [0.1, 0.15) is 0 Å². The maximum Gasteiger partial charge on any atom is 0.159 e. The van der Waals surface area contributed by atoms with E-state index in [4.69, 9.17) is 5.73 Å². The number of nitrogens with zero attached hydrogens (tertiary/aromatic N) is 4. The number of aromatic nitrogens is 4. The molecule has 2 heterocycles. The number of nitrogen functional groups attached to an aromatic ring is 1. The van der Waals surface area contributed by atoms with Crippen LogP contribution in [0.3, 0.4) is 0 Å². The molecule has 0 atom stereocenters. The molecular formula is C9H10BrN5. The molecular weight excluding hydrogens is 258 g/mol. The van der Waals surface area contributed by atoms with E-state index in [1.165, 1.54) is 0 Å². The largest absolute Gasteiger partial charge is 0.381 e. The van der Waals surface area contributed by atoms with Gasteiger partial charge in [-0.3, -0.25) is 14.6 Å². The molecule has 5 nitrogen and oxygen atoms in total. The molecule has 2 rings (SSSR count). The molecule has 0 aliphatic heterocycles. The lowest BCUT2D eigenvalue weighted by Gasteiger charge is -1.99. The van der Waals surface area contributed by atoms with Crippen molar-refractivity contribution in [2.24, 2.45) is 0 Å². The molecule has 15 heavy (non-hydrogen) atoms. The minimum absolute atomic E-state index is 0.508. The van der Waals surface area contributed by atoms with Crippen LogP contribution in [0.1, 0.15) is 5.69 Å². The van der Waals surface area contributed by atoms with Crippen LogP contribution in [-0.2, 0) is 13.0 Å². The van der Waals surface area contributed by atoms with Crippen molar-refractivity contribution < 1.29 is 0 Å². The number of aryl methyl sites for hydroxylation is 2. The summed E-state index contributed by atoms with van der Waals surface area (Å²) in [5.74, 6) is 0.508. The van der Waals surface area contributed by atoms with E-state index in [9.17, 15) is 0 Å². The average molecular weight is 268 g/mol. The number of hydrogen-bond donors (Lipinski definition) is 1. The van der Waals surface area contributed by atoms with Gasteiger partial charge in [0.15, 0.2) is 5.82 Å². The molecule has 2 aromatic heterocycles. The van der Waals surface area contributed by atoms with Crippen molar-refractivity contribution >= 4 is 21.7 Å². The van der Waals surface area contributed by atoms with E-state index >= 15 is 0 Å². The summed E-state index contributed by atoms with van der Waals surface area (Å²) in [7, 11) is 0. The maximum atomic E-state index is 5.60. The van der Waals surface area contributed by atoms with E-state index in [2.05, 4.69) is 31.0 Å². The number of anilines is 1. The van der Waals surface area contributed by atoms with Gasteiger partial charge in [-0.05, 0) is 15.9 Å². The fraction of sp³-hybridized carbons (Fsp3) is 0.222. The summed E-state index contributed by atoms with van der Waals surface area (Å²) in [5, 5.41) is 4.12.